The third-order valence-electron chi connectivity index (χ3n) is 4.12. The van der Waals surface area contributed by atoms with Gasteiger partial charge in [-0.25, -0.2) is 13.4 Å². The normalized spacial score (nSPS) is 20.6. The van der Waals surface area contributed by atoms with Gasteiger partial charge >= 0.3 is 0 Å². The number of aromatic nitrogens is 1. The van der Waals surface area contributed by atoms with Crippen molar-refractivity contribution >= 4 is 38.7 Å². The smallest absolute Gasteiger partial charge is 0.273 e. The minimum absolute atomic E-state index is 0.0717. The first-order valence-electron chi connectivity index (χ1n) is 7.56. The number of nitrogens with zero attached hydrogens (tertiary/aromatic N) is 2. The molecule has 0 saturated carbocycles. The third-order valence-corrected chi connectivity index (χ3v) is 7.34. The molecule has 1 atom stereocenters. The zero-order chi connectivity index (χ0) is 17.3. The van der Waals surface area contributed by atoms with Gasteiger partial charge in [-0.05, 0) is 25.0 Å². The van der Waals surface area contributed by atoms with Gasteiger partial charge in [-0.15, -0.1) is 11.3 Å². The quantitative estimate of drug-likeness (QED) is 0.797. The fourth-order valence-electron chi connectivity index (χ4n) is 2.86. The molecule has 0 radical (unpaired) electrons. The summed E-state index contributed by atoms with van der Waals surface area (Å²) in [4.78, 5) is 18.3. The first-order chi connectivity index (χ1) is 11.4. The number of sulfone groups is 1. The number of carbonyl (C=O) groups is 1. The van der Waals surface area contributed by atoms with E-state index in [1.807, 2.05) is 6.92 Å². The summed E-state index contributed by atoms with van der Waals surface area (Å²) >= 11 is 7.59. The molecule has 1 aliphatic rings. The zero-order valence-corrected chi connectivity index (χ0v) is 15.5. The van der Waals surface area contributed by atoms with Crippen LogP contribution in [0.3, 0.4) is 0 Å². The van der Waals surface area contributed by atoms with Crippen LogP contribution in [0.1, 0.15) is 32.7 Å². The molecule has 1 aromatic heterocycles. The predicted octanol–water partition coefficient (Wildman–Crippen LogP) is 3.11. The van der Waals surface area contributed by atoms with E-state index in [2.05, 4.69) is 4.98 Å². The Bertz CT molecular complexity index is 864. The summed E-state index contributed by atoms with van der Waals surface area (Å²) in [6.07, 6.45) is 0.334. The highest BCUT2D eigenvalue weighted by molar-refractivity contribution is 7.91. The lowest BCUT2D eigenvalue weighted by Crippen LogP contribution is -2.33. The molecule has 2 heterocycles. The Morgan fingerprint density at radius 1 is 1.33 bits per heavy atom. The van der Waals surface area contributed by atoms with E-state index in [1.165, 1.54) is 11.3 Å². The van der Waals surface area contributed by atoms with Crippen LogP contribution >= 0.6 is 22.9 Å². The van der Waals surface area contributed by atoms with Gasteiger partial charge in [-0.1, -0.05) is 29.8 Å². The van der Waals surface area contributed by atoms with Crippen LogP contribution in [0.4, 0.5) is 0 Å². The van der Waals surface area contributed by atoms with E-state index in [1.54, 1.807) is 34.5 Å². The summed E-state index contributed by atoms with van der Waals surface area (Å²) in [6.45, 7) is 2.38. The molecule has 2 aromatic rings. The SMILES string of the molecule is Cc1nc(C(=O)N2CCC(c3ccccc3Cl)S(=O)(=O)CC2)cs1. The summed E-state index contributed by atoms with van der Waals surface area (Å²) in [6, 6.07) is 6.99. The highest BCUT2D eigenvalue weighted by Crippen LogP contribution is 2.34. The largest absolute Gasteiger partial charge is 0.336 e. The molecule has 128 valence electrons. The number of benzene rings is 1. The van der Waals surface area contributed by atoms with Crippen molar-refractivity contribution in [1.29, 1.82) is 0 Å². The van der Waals surface area contributed by atoms with Crippen LogP contribution in [0.5, 0.6) is 0 Å². The topological polar surface area (TPSA) is 67.3 Å². The Morgan fingerprint density at radius 3 is 2.75 bits per heavy atom. The van der Waals surface area contributed by atoms with Crippen molar-refractivity contribution in [2.45, 2.75) is 18.6 Å². The second-order valence-corrected chi connectivity index (χ2v) is 9.48. The maximum absolute atomic E-state index is 12.7. The number of carbonyl (C=O) groups excluding carboxylic acids is 1. The standard InChI is InChI=1S/C16H17ClN2O3S2/c1-11-18-14(10-23-11)16(20)19-7-6-15(24(21,22)9-8-19)12-4-2-3-5-13(12)17/h2-5,10,15H,6-9H2,1H3. The minimum Gasteiger partial charge on any atom is -0.336 e. The van der Waals surface area contributed by atoms with Gasteiger partial charge in [0.05, 0.1) is 16.0 Å². The van der Waals surface area contributed by atoms with Crippen molar-refractivity contribution in [2.75, 3.05) is 18.8 Å². The first-order valence-corrected chi connectivity index (χ1v) is 10.5. The van der Waals surface area contributed by atoms with Crippen LogP contribution < -0.4 is 0 Å². The fraction of sp³-hybridized carbons (Fsp3) is 0.375. The highest BCUT2D eigenvalue weighted by atomic mass is 35.5. The molecule has 8 heteroatoms. The number of aryl methyl sites for hydroxylation is 1. The van der Waals surface area contributed by atoms with Crippen LogP contribution in [0, 0.1) is 6.92 Å². The Morgan fingerprint density at radius 2 is 2.08 bits per heavy atom. The van der Waals surface area contributed by atoms with Crippen molar-refractivity contribution in [3.63, 3.8) is 0 Å². The molecule has 1 unspecified atom stereocenters. The van der Waals surface area contributed by atoms with Crippen molar-refractivity contribution in [3.05, 3.63) is 50.9 Å². The second kappa shape index (κ2) is 6.82. The van der Waals surface area contributed by atoms with Crippen LogP contribution in [0.2, 0.25) is 5.02 Å². The van der Waals surface area contributed by atoms with E-state index in [-0.39, 0.29) is 18.2 Å². The van der Waals surface area contributed by atoms with Gasteiger partial charge in [0, 0.05) is 23.5 Å². The van der Waals surface area contributed by atoms with Gasteiger partial charge in [0.15, 0.2) is 9.84 Å². The number of rotatable bonds is 2. The number of hydrogen-bond donors (Lipinski definition) is 0. The van der Waals surface area contributed by atoms with Gasteiger partial charge in [0.2, 0.25) is 0 Å². The van der Waals surface area contributed by atoms with Gasteiger partial charge in [0.1, 0.15) is 5.69 Å². The van der Waals surface area contributed by atoms with Gasteiger partial charge < -0.3 is 4.90 Å². The number of halogens is 1. The molecule has 24 heavy (non-hydrogen) atoms. The maximum Gasteiger partial charge on any atom is 0.273 e. The van der Waals surface area contributed by atoms with E-state index in [9.17, 15) is 13.2 Å². The third kappa shape index (κ3) is 3.48. The number of amides is 1. The summed E-state index contributed by atoms with van der Waals surface area (Å²) in [5.74, 6) is -0.285. The Kier molecular flexibility index (Phi) is 4.94. The molecule has 0 N–H and O–H groups in total. The van der Waals surface area contributed by atoms with E-state index in [0.717, 1.165) is 5.01 Å². The molecule has 1 aliphatic heterocycles. The summed E-state index contributed by atoms with van der Waals surface area (Å²) in [7, 11) is -3.38. The summed E-state index contributed by atoms with van der Waals surface area (Å²) < 4.78 is 25.3. The molecule has 0 bridgehead atoms. The monoisotopic (exact) mass is 384 g/mol. The highest BCUT2D eigenvalue weighted by Gasteiger charge is 2.34. The van der Waals surface area contributed by atoms with E-state index < -0.39 is 15.1 Å². The second-order valence-electron chi connectivity index (χ2n) is 5.71. The van der Waals surface area contributed by atoms with E-state index in [0.29, 0.717) is 29.2 Å². The molecule has 1 amide bonds. The number of thiazole rings is 1. The van der Waals surface area contributed by atoms with Gasteiger partial charge in [-0.2, -0.15) is 0 Å². The Labute approximate surface area is 150 Å². The zero-order valence-electron chi connectivity index (χ0n) is 13.1. The van der Waals surface area contributed by atoms with Crippen LogP contribution in [-0.4, -0.2) is 43.1 Å². The molecule has 0 aliphatic carbocycles. The van der Waals surface area contributed by atoms with Crippen molar-refractivity contribution in [1.82, 2.24) is 9.88 Å². The minimum atomic E-state index is -3.38. The van der Waals surface area contributed by atoms with Gasteiger partial charge in [0.25, 0.3) is 5.91 Å². The Hall–Kier alpha value is -1.44. The van der Waals surface area contributed by atoms with Crippen LogP contribution in [0.15, 0.2) is 29.6 Å². The lowest BCUT2D eigenvalue weighted by Gasteiger charge is -2.19. The molecule has 1 fully saturated rings. The molecule has 3 rings (SSSR count). The average molecular weight is 385 g/mol. The molecule has 5 nitrogen and oxygen atoms in total. The van der Waals surface area contributed by atoms with E-state index in [4.69, 9.17) is 11.6 Å². The summed E-state index contributed by atoms with van der Waals surface area (Å²) in [5, 5.41) is 2.29. The lowest BCUT2D eigenvalue weighted by atomic mass is 10.1. The average Bonchev–Trinajstić information content (AvgIpc) is 2.90. The van der Waals surface area contributed by atoms with Crippen molar-refractivity contribution in [3.8, 4) is 0 Å². The lowest BCUT2D eigenvalue weighted by molar-refractivity contribution is 0.0761. The first kappa shape index (κ1) is 17.4. The predicted molar refractivity (Wildman–Crippen MR) is 95.4 cm³/mol. The Balaban J connectivity index is 1.85. The molecule has 0 spiro atoms. The van der Waals surface area contributed by atoms with Crippen LogP contribution in [0.25, 0.3) is 0 Å². The molecule has 1 aromatic carbocycles. The van der Waals surface area contributed by atoms with E-state index >= 15 is 0 Å². The van der Waals surface area contributed by atoms with Gasteiger partial charge in [-0.3, -0.25) is 4.79 Å². The summed E-state index contributed by atoms with van der Waals surface area (Å²) in [5.41, 5.74) is 0.990. The number of hydrogen-bond acceptors (Lipinski definition) is 5. The molecule has 1 saturated heterocycles. The maximum atomic E-state index is 12.7. The molecular formula is C16H17ClN2O3S2. The van der Waals surface area contributed by atoms with Crippen molar-refractivity contribution in [2.24, 2.45) is 0 Å². The van der Waals surface area contributed by atoms with Crippen molar-refractivity contribution < 1.29 is 13.2 Å². The molecular weight excluding hydrogens is 368 g/mol. The van der Waals surface area contributed by atoms with Crippen LogP contribution in [-0.2, 0) is 9.84 Å². The fourth-order valence-corrected chi connectivity index (χ4v) is 5.59.